The molecule has 0 bridgehead atoms. The van der Waals surface area contributed by atoms with Crippen molar-refractivity contribution in [2.24, 2.45) is 5.92 Å². The lowest BCUT2D eigenvalue weighted by Crippen LogP contribution is -2.42. The molecule has 0 amide bonds. The highest BCUT2D eigenvalue weighted by molar-refractivity contribution is 4.69. The largest absolute Gasteiger partial charge is 0.379 e. The number of hydrogen-bond donors (Lipinski definition) is 0. The van der Waals surface area contributed by atoms with E-state index in [-0.39, 0.29) is 0 Å². The number of likely N-dealkylation sites (N-methyl/N-ethyl adjacent to an activating group) is 1. The Kier molecular flexibility index (Phi) is 8.69. The standard InChI is InChI=1S/C9H19NO.C7H15NO/c1-9(2)3-4-10-5-7-11-8-6-10;1-6-4-8(3)5-7(2)9-6/h9H,3-8H2,1-2H3;6-7H,4-5H2,1-3H3. The Morgan fingerprint density at radius 1 is 1.05 bits per heavy atom. The zero-order chi connectivity index (χ0) is 15.0. The molecule has 2 fully saturated rings. The Morgan fingerprint density at radius 3 is 2.05 bits per heavy atom. The molecule has 0 aromatic rings. The average molecular weight is 286 g/mol. The predicted octanol–water partition coefficient (Wildman–Crippen LogP) is 2.09. The summed E-state index contributed by atoms with van der Waals surface area (Å²) in [5.74, 6) is 0.831. The van der Waals surface area contributed by atoms with Gasteiger partial charge in [0, 0.05) is 26.2 Å². The maximum absolute atomic E-state index is 5.51. The number of hydrogen-bond acceptors (Lipinski definition) is 4. The van der Waals surface area contributed by atoms with Gasteiger partial charge in [0.25, 0.3) is 0 Å². The van der Waals surface area contributed by atoms with Gasteiger partial charge in [-0.15, -0.1) is 0 Å². The molecule has 4 nitrogen and oxygen atoms in total. The van der Waals surface area contributed by atoms with Gasteiger partial charge in [-0.1, -0.05) is 13.8 Å². The summed E-state index contributed by atoms with van der Waals surface area (Å²) in [4.78, 5) is 4.79. The molecule has 0 radical (unpaired) electrons. The third-order valence-electron chi connectivity index (χ3n) is 3.73. The van der Waals surface area contributed by atoms with Crippen LogP contribution in [0, 0.1) is 5.92 Å². The first-order chi connectivity index (χ1) is 9.47. The van der Waals surface area contributed by atoms with E-state index in [1.54, 1.807) is 0 Å². The van der Waals surface area contributed by atoms with Crippen LogP contribution >= 0.6 is 0 Å². The maximum atomic E-state index is 5.51. The topological polar surface area (TPSA) is 24.9 Å². The fraction of sp³-hybridized carbons (Fsp3) is 1.00. The van der Waals surface area contributed by atoms with Gasteiger partial charge < -0.3 is 14.4 Å². The fourth-order valence-electron chi connectivity index (χ4n) is 2.70. The van der Waals surface area contributed by atoms with Crippen LogP contribution in [0.5, 0.6) is 0 Å². The molecule has 4 heteroatoms. The minimum absolute atomic E-state index is 0.416. The highest BCUT2D eigenvalue weighted by Gasteiger charge is 2.18. The summed E-state index contributed by atoms with van der Waals surface area (Å²) in [5, 5.41) is 0. The van der Waals surface area contributed by atoms with Gasteiger partial charge in [-0.05, 0) is 39.8 Å². The second-order valence-corrected chi connectivity index (χ2v) is 6.62. The smallest absolute Gasteiger partial charge is 0.0678 e. The third kappa shape index (κ3) is 8.20. The van der Waals surface area contributed by atoms with Crippen LogP contribution in [0.2, 0.25) is 0 Å². The van der Waals surface area contributed by atoms with E-state index < -0.39 is 0 Å². The van der Waals surface area contributed by atoms with Crippen LogP contribution in [0.25, 0.3) is 0 Å². The average Bonchev–Trinajstić information content (AvgIpc) is 2.36. The predicted molar refractivity (Wildman–Crippen MR) is 84.2 cm³/mol. The van der Waals surface area contributed by atoms with Gasteiger partial charge in [0.05, 0.1) is 25.4 Å². The first-order valence-corrected chi connectivity index (χ1v) is 8.11. The van der Waals surface area contributed by atoms with Crippen molar-refractivity contribution in [3.63, 3.8) is 0 Å². The van der Waals surface area contributed by atoms with Crippen molar-refractivity contribution in [3.05, 3.63) is 0 Å². The summed E-state index contributed by atoms with van der Waals surface area (Å²) in [6.45, 7) is 16.3. The minimum atomic E-state index is 0.416. The van der Waals surface area contributed by atoms with Gasteiger partial charge in [0.15, 0.2) is 0 Å². The first-order valence-electron chi connectivity index (χ1n) is 8.11. The van der Waals surface area contributed by atoms with Crippen LogP contribution in [-0.2, 0) is 9.47 Å². The summed E-state index contributed by atoms with van der Waals surface area (Å²) in [6.07, 6.45) is 2.15. The van der Waals surface area contributed by atoms with Gasteiger partial charge in [-0.25, -0.2) is 0 Å². The van der Waals surface area contributed by atoms with Crippen LogP contribution in [0.15, 0.2) is 0 Å². The number of rotatable bonds is 3. The first kappa shape index (κ1) is 17.9. The molecule has 2 aliphatic heterocycles. The van der Waals surface area contributed by atoms with Gasteiger partial charge in [-0.2, -0.15) is 0 Å². The van der Waals surface area contributed by atoms with E-state index in [1.807, 2.05) is 0 Å². The Morgan fingerprint density at radius 2 is 1.60 bits per heavy atom. The van der Waals surface area contributed by atoms with Gasteiger partial charge >= 0.3 is 0 Å². The van der Waals surface area contributed by atoms with Crippen molar-refractivity contribution < 1.29 is 9.47 Å². The molecule has 20 heavy (non-hydrogen) atoms. The molecule has 2 rings (SSSR count). The SMILES string of the molecule is CC(C)CCN1CCOCC1.CC1CN(C)CC(C)O1. The Bertz CT molecular complexity index is 218. The monoisotopic (exact) mass is 286 g/mol. The van der Waals surface area contributed by atoms with Gasteiger partial charge in [0.1, 0.15) is 0 Å². The van der Waals surface area contributed by atoms with Crippen LogP contribution in [0.4, 0.5) is 0 Å². The Balaban J connectivity index is 0.000000204. The van der Waals surface area contributed by atoms with E-state index in [9.17, 15) is 0 Å². The van der Waals surface area contributed by atoms with E-state index in [2.05, 4.69) is 44.5 Å². The number of morpholine rings is 2. The highest BCUT2D eigenvalue weighted by Crippen LogP contribution is 2.07. The quantitative estimate of drug-likeness (QED) is 0.793. The van der Waals surface area contributed by atoms with Crippen molar-refractivity contribution in [2.45, 2.75) is 46.3 Å². The second-order valence-electron chi connectivity index (χ2n) is 6.62. The van der Waals surface area contributed by atoms with Crippen molar-refractivity contribution in [3.8, 4) is 0 Å². The lowest BCUT2D eigenvalue weighted by Gasteiger charge is -2.32. The van der Waals surface area contributed by atoms with Crippen molar-refractivity contribution in [2.75, 3.05) is 53.0 Å². The Labute approximate surface area is 125 Å². The molecule has 0 aromatic carbocycles. The number of nitrogens with zero attached hydrogens (tertiary/aromatic N) is 2. The van der Waals surface area contributed by atoms with Crippen molar-refractivity contribution in [1.82, 2.24) is 9.80 Å². The molecule has 0 spiro atoms. The summed E-state index contributed by atoms with van der Waals surface area (Å²) in [7, 11) is 2.13. The highest BCUT2D eigenvalue weighted by atomic mass is 16.5. The van der Waals surface area contributed by atoms with E-state index in [1.165, 1.54) is 13.0 Å². The zero-order valence-electron chi connectivity index (χ0n) is 14.1. The van der Waals surface area contributed by atoms with E-state index in [4.69, 9.17) is 9.47 Å². The van der Waals surface area contributed by atoms with E-state index in [0.717, 1.165) is 45.3 Å². The summed E-state index contributed by atoms with van der Waals surface area (Å²) in [6, 6.07) is 0. The van der Waals surface area contributed by atoms with E-state index >= 15 is 0 Å². The Hall–Kier alpha value is -0.160. The van der Waals surface area contributed by atoms with Crippen LogP contribution in [0.1, 0.15) is 34.1 Å². The van der Waals surface area contributed by atoms with Gasteiger partial charge in [-0.3, -0.25) is 4.90 Å². The zero-order valence-corrected chi connectivity index (χ0v) is 14.1. The molecule has 120 valence electrons. The van der Waals surface area contributed by atoms with Crippen LogP contribution < -0.4 is 0 Å². The normalized spacial score (nSPS) is 29.1. The lowest BCUT2D eigenvalue weighted by molar-refractivity contribution is -0.0602. The van der Waals surface area contributed by atoms with Crippen LogP contribution in [-0.4, -0.2) is 75.0 Å². The summed E-state index contributed by atoms with van der Waals surface area (Å²) >= 11 is 0. The molecule has 0 saturated carbocycles. The number of ether oxygens (including phenoxy) is 2. The molecule has 0 N–H and O–H groups in total. The van der Waals surface area contributed by atoms with Gasteiger partial charge in [0.2, 0.25) is 0 Å². The minimum Gasteiger partial charge on any atom is -0.379 e. The molecule has 2 heterocycles. The van der Waals surface area contributed by atoms with Crippen molar-refractivity contribution >= 4 is 0 Å². The molecule has 2 saturated heterocycles. The molecule has 0 aliphatic carbocycles. The molecule has 2 aliphatic rings. The van der Waals surface area contributed by atoms with E-state index in [0.29, 0.717) is 12.2 Å². The molecule has 2 atom stereocenters. The summed E-state index contributed by atoms with van der Waals surface area (Å²) in [5.41, 5.74) is 0. The van der Waals surface area contributed by atoms with Crippen molar-refractivity contribution in [1.29, 1.82) is 0 Å². The molecule has 2 unspecified atom stereocenters. The lowest BCUT2D eigenvalue weighted by atomic mass is 10.1. The summed E-state index contributed by atoms with van der Waals surface area (Å²) < 4.78 is 10.8. The third-order valence-corrected chi connectivity index (χ3v) is 3.73. The molecular formula is C16H34N2O2. The fourth-order valence-corrected chi connectivity index (χ4v) is 2.70. The molecule has 0 aromatic heterocycles. The second kappa shape index (κ2) is 9.72. The van der Waals surface area contributed by atoms with Crippen LogP contribution in [0.3, 0.4) is 0 Å². The molecular weight excluding hydrogens is 252 g/mol. The maximum Gasteiger partial charge on any atom is 0.0678 e.